The third-order valence-corrected chi connectivity index (χ3v) is 2.97. The van der Waals surface area contributed by atoms with Crippen LogP contribution in [0.4, 0.5) is 14.5 Å². The van der Waals surface area contributed by atoms with Crippen LogP contribution in [0.3, 0.4) is 0 Å². The van der Waals surface area contributed by atoms with Crippen LogP contribution in [0.1, 0.15) is 9.67 Å². The number of anilines is 1. The third-order valence-electron chi connectivity index (χ3n) is 2.09. The van der Waals surface area contributed by atoms with Gasteiger partial charge in [0.1, 0.15) is 22.2 Å². The topological polar surface area (TPSA) is 82.0 Å². The van der Waals surface area contributed by atoms with Crippen molar-refractivity contribution in [3.63, 3.8) is 0 Å². The molecule has 2 aromatic rings. The van der Waals surface area contributed by atoms with Gasteiger partial charge in [-0.05, 0) is 23.7 Å². The molecule has 1 amide bonds. The van der Waals surface area contributed by atoms with Crippen molar-refractivity contribution in [2.75, 3.05) is 5.73 Å². The molecule has 1 aromatic heterocycles. The maximum absolute atomic E-state index is 13.0. The molecular formula is C10H7F2N3OS. The van der Waals surface area contributed by atoms with E-state index in [2.05, 4.69) is 4.37 Å². The van der Waals surface area contributed by atoms with Crippen LogP contribution < -0.4 is 11.5 Å². The van der Waals surface area contributed by atoms with E-state index >= 15 is 0 Å². The van der Waals surface area contributed by atoms with E-state index in [0.717, 1.165) is 29.7 Å². The monoisotopic (exact) mass is 255 g/mol. The molecule has 2 rings (SSSR count). The van der Waals surface area contributed by atoms with Crippen molar-refractivity contribution in [1.82, 2.24) is 4.37 Å². The summed E-state index contributed by atoms with van der Waals surface area (Å²) >= 11 is 0.796. The van der Waals surface area contributed by atoms with Gasteiger partial charge in [-0.3, -0.25) is 4.79 Å². The quantitative estimate of drug-likeness (QED) is 0.857. The number of halogens is 2. The number of carbonyl (C=O) groups excluding carboxylic acids is 1. The molecule has 4 nitrogen and oxygen atoms in total. The molecule has 0 aliphatic rings. The Hall–Kier alpha value is -2.02. The number of benzene rings is 1. The average molecular weight is 255 g/mol. The lowest BCUT2D eigenvalue weighted by molar-refractivity contribution is 0.100. The first-order chi connectivity index (χ1) is 7.99. The van der Waals surface area contributed by atoms with Gasteiger partial charge in [0.2, 0.25) is 0 Å². The molecule has 0 saturated carbocycles. The van der Waals surface area contributed by atoms with E-state index in [1.807, 2.05) is 0 Å². The maximum Gasteiger partial charge on any atom is 0.262 e. The summed E-state index contributed by atoms with van der Waals surface area (Å²) in [7, 11) is 0. The Labute approximate surface area is 99.0 Å². The van der Waals surface area contributed by atoms with Crippen molar-refractivity contribution in [2.45, 2.75) is 0 Å². The Morgan fingerprint density at radius 1 is 1.24 bits per heavy atom. The first-order valence-electron chi connectivity index (χ1n) is 4.50. The molecule has 0 atom stereocenters. The highest BCUT2D eigenvalue weighted by atomic mass is 32.1. The molecule has 0 radical (unpaired) electrons. The van der Waals surface area contributed by atoms with Gasteiger partial charge in [-0.25, -0.2) is 8.78 Å². The predicted octanol–water partition coefficient (Wildman–Crippen LogP) is 1.77. The number of nitrogen functional groups attached to an aromatic ring is 1. The van der Waals surface area contributed by atoms with Gasteiger partial charge in [0.25, 0.3) is 5.91 Å². The Balaban J connectivity index is 2.57. The lowest BCUT2D eigenvalue weighted by Gasteiger charge is -2.00. The summed E-state index contributed by atoms with van der Waals surface area (Å²) in [4.78, 5) is 11.0. The van der Waals surface area contributed by atoms with Gasteiger partial charge in [-0.15, -0.1) is 0 Å². The molecule has 4 N–H and O–H groups in total. The Morgan fingerprint density at radius 2 is 1.82 bits per heavy atom. The molecule has 0 unspecified atom stereocenters. The van der Waals surface area contributed by atoms with Crippen LogP contribution in [0.15, 0.2) is 18.2 Å². The minimum atomic E-state index is -0.743. The van der Waals surface area contributed by atoms with Crippen LogP contribution in [0.25, 0.3) is 11.3 Å². The second-order valence-corrected chi connectivity index (χ2v) is 4.07. The van der Waals surface area contributed by atoms with Crippen LogP contribution >= 0.6 is 11.5 Å². The summed E-state index contributed by atoms with van der Waals surface area (Å²) in [5.41, 5.74) is 11.1. The highest BCUT2D eigenvalue weighted by molar-refractivity contribution is 7.09. The molecule has 1 aromatic carbocycles. The smallest absolute Gasteiger partial charge is 0.262 e. The predicted molar refractivity (Wildman–Crippen MR) is 60.4 cm³/mol. The number of primary amides is 1. The van der Waals surface area contributed by atoms with Crippen LogP contribution in [0.5, 0.6) is 0 Å². The second-order valence-electron chi connectivity index (χ2n) is 3.30. The van der Waals surface area contributed by atoms with Gasteiger partial charge < -0.3 is 11.5 Å². The van der Waals surface area contributed by atoms with Crippen molar-refractivity contribution in [1.29, 1.82) is 0 Å². The fourth-order valence-electron chi connectivity index (χ4n) is 1.37. The van der Waals surface area contributed by atoms with Crippen LogP contribution in [0.2, 0.25) is 0 Å². The second kappa shape index (κ2) is 4.10. The molecule has 0 aliphatic heterocycles. The maximum atomic E-state index is 13.0. The summed E-state index contributed by atoms with van der Waals surface area (Å²) in [5.74, 6) is -2.20. The van der Waals surface area contributed by atoms with E-state index in [1.165, 1.54) is 0 Å². The number of carbonyl (C=O) groups is 1. The minimum Gasteiger partial charge on any atom is -0.396 e. The number of nitrogens with two attached hydrogens (primary N) is 2. The summed E-state index contributed by atoms with van der Waals surface area (Å²) in [6.07, 6.45) is 0. The van der Waals surface area contributed by atoms with E-state index in [-0.39, 0.29) is 21.8 Å². The van der Waals surface area contributed by atoms with Crippen molar-refractivity contribution in [3.8, 4) is 11.3 Å². The van der Waals surface area contributed by atoms with Gasteiger partial charge in [-0.1, -0.05) is 0 Å². The molecule has 0 spiro atoms. The van der Waals surface area contributed by atoms with Crippen molar-refractivity contribution >= 4 is 23.1 Å². The molecule has 1 heterocycles. The highest BCUT2D eigenvalue weighted by Gasteiger charge is 2.17. The van der Waals surface area contributed by atoms with Crippen LogP contribution in [0, 0.1) is 11.6 Å². The summed E-state index contributed by atoms with van der Waals surface area (Å²) in [6.45, 7) is 0. The normalized spacial score (nSPS) is 10.5. The lowest BCUT2D eigenvalue weighted by Crippen LogP contribution is -2.10. The van der Waals surface area contributed by atoms with Gasteiger partial charge in [0.15, 0.2) is 0 Å². The standard InChI is InChI=1S/C10H7F2N3OS/c11-5-1-4(2-6(12)3-5)8-7(13)9(10(14)16)17-15-8/h1-3H,13H2,(H2,14,16). The Bertz CT molecular complexity index is 577. The van der Waals surface area contributed by atoms with Crippen LogP contribution in [-0.2, 0) is 0 Å². The van der Waals surface area contributed by atoms with Gasteiger partial charge >= 0.3 is 0 Å². The van der Waals surface area contributed by atoms with Crippen molar-refractivity contribution in [3.05, 3.63) is 34.7 Å². The third kappa shape index (κ3) is 2.09. The van der Waals surface area contributed by atoms with E-state index in [9.17, 15) is 13.6 Å². The molecule has 17 heavy (non-hydrogen) atoms. The number of aromatic nitrogens is 1. The van der Waals surface area contributed by atoms with Crippen LogP contribution in [-0.4, -0.2) is 10.3 Å². The van der Waals surface area contributed by atoms with E-state index in [1.54, 1.807) is 0 Å². The van der Waals surface area contributed by atoms with Crippen molar-refractivity contribution < 1.29 is 13.6 Å². The first-order valence-corrected chi connectivity index (χ1v) is 5.28. The first kappa shape index (κ1) is 11.5. The number of nitrogens with zero attached hydrogens (tertiary/aromatic N) is 1. The van der Waals surface area contributed by atoms with Crippen molar-refractivity contribution in [2.24, 2.45) is 5.73 Å². The van der Waals surface area contributed by atoms with Gasteiger partial charge in [0, 0.05) is 11.6 Å². The fraction of sp³-hybridized carbons (Fsp3) is 0. The van der Waals surface area contributed by atoms with E-state index in [4.69, 9.17) is 11.5 Å². The molecule has 0 bridgehead atoms. The highest BCUT2D eigenvalue weighted by Crippen LogP contribution is 2.31. The molecule has 0 saturated heterocycles. The summed E-state index contributed by atoms with van der Waals surface area (Å²) < 4.78 is 29.9. The number of rotatable bonds is 2. The number of hydrogen-bond acceptors (Lipinski definition) is 4. The Kier molecular flexibility index (Phi) is 2.76. The number of amides is 1. The molecule has 7 heteroatoms. The zero-order valence-electron chi connectivity index (χ0n) is 8.41. The summed E-state index contributed by atoms with van der Waals surface area (Å²) in [5, 5.41) is 0. The minimum absolute atomic E-state index is 0.0347. The molecule has 0 aliphatic carbocycles. The lowest BCUT2D eigenvalue weighted by atomic mass is 10.1. The number of hydrogen-bond donors (Lipinski definition) is 2. The molecular weight excluding hydrogens is 248 g/mol. The largest absolute Gasteiger partial charge is 0.396 e. The average Bonchev–Trinajstić information content (AvgIpc) is 2.58. The van der Waals surface area contributed by atoms with E-state index < -0.39 is 17.5 Å². The molecule has 0 fully saturated rings. The van der Waals surface area contributed by atoms with Gasteiger partial charge in [-0.2, -0.15) is 4.37 Å². The fourth-order valence-corrected chi connectivity index (χ4v) is 2.04. The molecule has 88 valence electrons. The summed E-state index contributed by atoms with van der Waals surface area (Å²) in [6, 6.07) is 2.90. The Morgan fingerprint density at radius 3 is 2.29 bits per heavy atom. The zero-order chi connectivity index (χ0) is 12.6. The van der Waals surface area contributed by atoms with E-state index in [0.29, 0.717) is 0 Å². The SMILES string of the molecule is NC(=O)c1snc(-c2cc(F)cc(F)c2)c1N. The zero-order valence-corrected chi connectivity index (χ0v) is 9.22. The van der Waals surface area contributed by atoms with Gasteiger partial charge in [0.05, 0.1) is 5.69 Å².